The Kier molecular flexibility index (Phi) is 5.11. The predicted molar refractivity (Wildman–Crippen MR) is 112 cm³/mol. The molecular formula is C23H25NO3S. The molecule has 1 aromatic carbocycles. The molecule has 28 heavy (non-hydrogen) atoms. The van der Waals surface area contributed by atoms with Gasteiger partial charge in [-0.05, 0) is 68.9 Å². The number of carbonyl (C=O) groups excluding carboxylic acids is 2. The first-order valence-corrected chi connectivity index (χ1v) is 10.7. The molecule has 1 fully saturated rings. The number of fused-ring (bicyclic) bond motifs is 1. The molecule has 1 saturated carbocycles. The zero-order valence-corrected chi connectivity index (χ0v) is 17.3. The second-order valence-electron chi connectivity index (χ2n) is 7.69. The zero-order chi connectivity index (χ0) is 19.8. The first kappa shape index (κ1) is 18.9. The van der Waals surface area contributed by atoms with Crippen LogP contribution >= 0.6 is 11.3 Å². The minimum Gasteiger partial charge on any atom is -0.459 e. The van der Waals surface area contributed by atoms with Gasteiger partial charge in [0.25, 0.3) is 0 Å². The van der Waals surface area contributed by atoms with Crippen LogP contribution in [0.4, 0.5) is 0 Å². The van der Waals surface area contributed by atoms with Gasteiger partial charge in [-0.2, -0.15) is 0 Å². The Labute approximate surface area is 169 Å². The SMILES string of the molecule is CC(=O)C1=C(C)NC(C)=C(C(=O)OC2CCCC2)C1c1csc2ccccc12. The minimum atomic E-state index is -0.399. The molecule has 0 amide bonds. The molecule has 4 rings (SSSR count). The van der Waals surface area contributed by atoms with Crippen molar-refractivity contribution in [2.24, 2.45) is 0 Å². The number of benzene rings is 1. The molecule has 1 unspecified atom stereocenters. The van der Waals surface area contributed by atoms with E-state index in [4.69, 9.17) is 4.74 Å². The number of ketones is 1. The third kappa shape index (κ3) is 3.28. The van der Waals surface area contributed by atoms with Crippen LogP contribution in [0.5, 0.6) is 0 Å². The fourth-order valence-corrected chi connectivity index (χ4v) is 5.47. The Balaban J connectivity index is 1.83. The van der Waals surface area contributed by atoms with Crippen molar-refractivity contribution in [3.63, 3.8) is 0 Å². The number of esters is 1. The van der Waals surface area contributed by atoms with E-state index < -0.39 is 5.92 Å². The molecule has 5 heteroatoms. The minimum absolute atomic E-state index is 0.0135. The lowest BCUT2D eigenvalue weighted by Crippen LogP contribution is -2.32. The van der Waals surface area contributed by atoms with E-state index in [1.54, 1.807) is 18.3 Å². The lowest BCUT2D eigenvalue weighted by molar-refractivity contribution is -0.144. The van der Waals surface area contributed by atoms with Gasteiger partial charge in [0, 0.05) is 27.6 Å². The fourth-order valence-electron chi connectivity index (χ4n) is 4.49. The van der Waals surface area contributed by atoms with E-state index in [1.165, 1.54) is 0 Å². The highest BCUT2D eigenvalue weighted by atomic mass is 32.1. The lowest BCUT2D eigenvalue weighted by Gasteiger charge is -2.30. The van der Waals surface area contributed by atoms with Gasteiger partial charge in [0.15, 0.2) is 5.78 Å². The molecule has 2 aromatic rings. The van der Waals surface area contributed by atoms with Crippen LogP contribution in [0.15, 0.2) is 52.2 Å². The molecule has 0 spiro atoms. The van der Waals surface area contributed by atoms with Crippen LogP contribution in [-0.2, 0) is 14.3 Å². The van der Waals surface area contributed by atoms with Crippen LogP contribution < -0.4 is 5.32 Å². The van der Waals surface area contributed by atoms with Gasteiger partial charge < -0.3 is 10.1 Å². The highest BCUT2D eigenvalue weighted by Gasteiger charge is 2.38. The predicted octanol–water partition coefficient (Wildman–Crippen LogP) is 5.21. The van der Waals surface area contributed by atoms with Gasteiger partial charge in [0.1, 0.15) is 6.10 Å². The summed E-state index contributed by atoms with van der Waals surface area (Å²) in [6, 6.07) is 8.14. The number of rotatable bonds is 4. The van der Waals surface area contributed by atoms with Crippen molar-refractivity contribution >= 4 is 33.2 Å². The summed E-state index contributed by atoms with van der Waals surface area (Å²) in [5.74, 6) is -0.726. The Morgan fingerprint density at radius 1 is 1.07 bits per heavy atom. The molecule has 0 saturated heterocycles. The quantitative estimate of drug-likeness (QED) is 0.722. The molecule has 2 aliphatic rings. The molecule has 1 aromatic heterocycles. The van der Waals surface area contributed by atoms with Crippen LogP contribution in [0.3, 0.4) is 0 Å². The number of ether oxygens (including phenoxy) is 1. The van der Waals surface area contributed by atoms with Crippen molar-refractivity contribution in [3.05, 3.63) is 57.7 Å². The van der Waals surface area contributed by atoms with Gasteiger partial charge in [-0.15, -0.1) is 11.3 Å². The van der Waals surface area contributed by atoms with Gasteiger partial charge >= 0.3 is 5.97 Å². The normalized spacial score (nSPS) is 20.6. The maximum absolute atomic E-state index is 13.2. The molecule has 1 aliphatic carbocycles. The summed E-state index contributed by atoms with van der Waals surface area (Å²) in [5.41, 5.74) is 3.79. The lowest BCUT2D eigenvalue weighted by atomic mass is 9.79. The van der Waals surface area contributed by atoms with E-state index in [1.807, 2.05) is 26.0 Å². The summed E-state index contributed by atoms with van der Waals surface area (Å²) in [5, 5.41) is 6.41. The smallest absolute Gasteiger partial charge is 0.337 e. The highest BCUT2D eigenvalue weighted by Crippen LogP contribution is 2.44. The van der Waals surface area contributed by atoms with Gasteiger partial charge in [-0.3, -0.25) is 4.79 Å². The van der Waals surface area contributed by atoms with Crippen molar-refractivity contribution in [1.29, 1.82) is 0 Å². The first-order chi connectivity index (χ1) is 13.5. The van der Waals surface area contributed by atoms with E-state index in [0.29, 0.717) is 11.1 Å². The molecule has 0 bridgehead atoms. The van der Waals surface area contributed by atoms with E-state index in [-0.39, 0.29) is 17.9 Å². The topological polar surface area (TPSA) is 55.4 Å². The number of nitrogens with one attached hydrogen (secondary N) is 1. The molecule has 0 radical (unpaired) electrons. The largest absolute Gasteiger partial charge is 0.459 e. The van der Waals surface area contributed by atoms with Gasteiger partial charge in [-0.25, -0.2) is 4.79 Å². The van der Waals surface area contributed by atoms with Crippen molar-refractivity contribution in [3.8, 4) is 0 Å². The van der Waals surface area contributed by atoms with Gasteiger partial charge in [-0.1, -0.05) is 18.2 Å². The number of hydrogen-bond donors (Lipinski definition) is 1. The first-order valence-electron chi connectivity index (χ1n) is 9.84. The van der Waals surface area contributed by atoms with Crippen LogP contribution in [0.2, 0.25) is 0 Å². The molecular weight excluding hydrogens is 370 g/mol. The number of carbonyl (C=O) groups is 2. The van der Waals surface area contributed by atoms with E-state index >= 15 is 0 Å². The third-order valence-electron chi connectivity index (χ3n) is 5.76. The molecule has 4 nitrogen and oxygen atoms in total. The van der Waals surface area contributed by atoms with E-state index in [2.05, 4.69) is 22.8 Å². The van der Waals surface area contributed by atoms with Crippen molar-refractivity contribution in [1.82, 2.24) is 5.32 Å². The number of Topliss-reactive ketones (excluding diaryl/α,β-unsaturated/α-hetero) is 1. The number of thiophene rings is 1. The molecule has 1 atom stereocenters. The van der Waals surface area contributed by atoms with E-state index in [9.17, 15) is 9.59 Å². The van der Waals surface area contributed by atoms with Crippen LogP contribution in [-0.4, -0.2) is 17.9 Å². The van der Waals surface area contributed by atoms with Crippen molar-refractivity contribution in [2.75, 3.05) is 0 Å². The maximum atomic E-state index is 13.2. The van der Waals surface area contributed by atoms with Crippen LogP contribution in [0.1, 0.15) is 57.9 Å². The Hall–Kier alpha value is -2.40. The Morgan fingerprint density at radius 2 is 1.75 bits per heavy atom. The highest BCUT2D eigenvalue weighted by molar-refractivity contribution is 7.17. The number of hydrogen-bond acceptors (Lipinski definition) is 5. The second-order valence-corrected chi connectivity index (χ2v) is 8.60. The maximum Gasteiger partial charge on any atom is 0.337 e. The summed E-state index contributed by atoms with van der Waals surface area (Å²) in [6.45, 7) is 5.37. The van der Waals surface area contributed by atoms with Gasteiger partial charge in [0.2, 0.25) is 0 Å². The zero-order valence-electron chi connectivity index (χ0n) is 16.5. The average Bonchev–Trinajstić information content (AvgIpc) is 3.29. The molecule has 1 N–H and O–H groups in total. The monoisotopic (exact) mass is 395 g/mol. The molecule has 146 valence electrons. The molecule has 1 aliphatic heterocycles. The Bertz CT molecular complexity index is 1010. The van der Waals surface area contributed by atoms with Crippen molar-refractivity contribution in [2.45, 2.75) is 58.5 Å². The summed E-state index contributed by atoms with van der Waals surface area (Å²) in [6.07, 6.45) is 4.04. The van der Waals surface area contributed by atoms with Crippen molar-refractivity contribution < 1.29 is 14.3 Å². The van der Waals surface area contributed by atoms with Crippen LogP contribution in [0.25, 0.3) is 10.1 Å². The molecule has 2 heterocycles. The second kappa shape index (κ2) is 7.55. The van der Waals surface area contributed by atoms with E-state index in [0.717, 1.165) is 52.7 Å². The average molecular weight is 396 g/mol. The van der Waals surface area contributed by atoms with Crippen LogP contribution in [0, 0.1) is 0 Å². The fraction of sp³-hybridized carbons (Fsp3) is 0.391. The summed E-state index contributed by atoms with van der Waals surface area (Å²) >= 11 is 1.64. The number of allylic oxidation sites excluding steroid dienone is 3. The van der Waals surface area contributed by atoms with Gasteiger partial charge in [0.05, 0.1) is 5.57 Å². The summed E-state index contributed by atoms with van der Waals surface area (Å²) in [4.78, 5) is 25.8. The summed E-state index contributed by atoms with van der Waals surface area (Å²) < 4.78 is 7.01. The standard InChI is InChI=1S/C23H25NO3S/c1-13-20(15(3)25)22(18-12-28-19-11-7-6-10-17(18)19)21(14(2)24-13)23(26)27-16-8-4-5-9-16/h6-7,10-12,16,22,24H,4-5,8-9H2,1-3H3. The summed E-state index contributed by atoms with van der Waals surface area (Å²) in [7, 11) is 0. The number of dihydropyridines is 1. The third-order valence-corrected chi connectivity index (χ3v) is 6.74. The Morgan fingerprint density at radius 3 is 2.46 bits per heavy atom.